The minimum atomic E-state index is -0.446. The van der Waals surface area contributed by atoms with Crippen molar-refractivity contribution >= 4 is 33.7 Å². The van der Waals surface area contributed by atoms with E-state index in [0.717, 1.165) is 11.1 Å². The van der Waals surface area contributed by atoms with Crippen LogP contribution in [0.15, 0.2) is 76.3 Å². The van der Waals surface area contributed by atoms with Gasteiger partial charge in [0.15, 0.2) is 11.5 Å². The molecule has 0 fully saturated rings. The number of hydrogen-bond acceptors (Lipinski definition) is 6. The zero-order valence-corrected chi connectivity index (χ0v) is 19.4. The van der Waals surface area contributed by atoms with Crippen LogP contribution >= 0.6 is 15.9 Å². The van der Waals surface area contributed by atoms with Gasteiger partial charge in [0.05, 0.1) is 28.6 Å². The Morgan fingerprint density at radius 2 is 1.82 bits per heavy atom. The van der Waals surface area contributed by atoms with Crippen LogP contribution < -0.4 is 14.9 Å². The molecule has 0 saturated heterocycles. The number of nitro benzene ring substituents is 1. The lowest BCUT2D eigenvalue weighted by atomic mass is 10.1. The fourth-order valence-corrected chi connectivity index (χ4v) is 3.51. The molecule has 0 aliphatic carbocycles. The Labute approximate surface area is 199 Å². The Bertz CT molecular complexity index is 1130. The lowest BCUT2D eigenvalue weighted by Gasteiger charge is -2.14. The maximum Gasteiger partial charge on any atom is 0.269 e. The van der Waals surface area contributed by atoms with Crippen molar-refractivity contribution < 1.29 is 19.2 Å². The minimum Gasteiger partial charge on any atom is -0.490 e. The van der Waals surface area contributed by atoms with E-state index in [-0.39, 0.29) is 24.6 Å². The number of ether oxygens (including phenoxy) is 2. The van der Waals surface area contributed by atoms with E-state index in [1.165, 1.54) is 18.3 Å². The van der Waals surface area contributed by atoms with Crippen LogP contribution in [0.3, 0.4) is 0 Å². The summed E-state index contributed by atoms with van der Waals surface area (Å²) in [5, 5.41) is 14.8. The molecule has 0 heterocycles. The molecule has 3 rings (SSSR count). The normalized spacial score (nSPS) is 10.7. The van der Waals surface area contributed by atoms with Crippen molar-refractivity contribution in [3.8, 4) is 11.5 Å². The molecule has 0 aromatic heterocycles. The maximum absolute atomic E-state index is 12.1. The van der Waals surface area contributed by atoms with E-state index in [1.54, 1.807) is 24.3 Å². The molecular formula is C24H22BrN3O5. The Morgan fingerprint density at radius 1 is 1.09 bits per heavy atom. The number of nitro groups is 1. The lowest BCUT2D eigenvalue weighted by Crippen LogP contribution is -2.19. The average molecular weight is 512 g/mol. The summed E-state index contributed by atoms with van der Waals surface area (Å²) in [4.78, 5) is 22.4. The van der Waals surface area contributed by atoms with Crippen LogP contribution in [-0.4, -0.2) is 23.7 Å². The van der Waals surface area contributed by atoms with Crippen molar-refractivity contribution in [3.05, 3.63) is 98.0 Å². The molecule has 0 radical (unpaired) electrons. The first-order valence-electron chi connectivity index (χ1n) is 10.1. The van der Waals surface area contributed by atoms with Gasteiger partial charge in [-0.2, -0.15) is 5.10 Å². The zero-order chi connectivity index (χ0) is 23.6. The number of carbonyl (C=O) groups is 1. The van der Waals surface area contributed by atoms with Gasteiger partial charge >= 0.3 is 0 Å². The number of nitrogens with zero attached hydrogens (tertiary/aromatic N) is 2. The molecule has 0 unspecified atom stereocenters. The molecule has 0 aliphatic heterocycles. The highest BCUT2D eigenvalue weighted by Crippen LogP contribution is 2.37. The fraction of sp³-hybridized carbons (Fsp3) is 0.167. The lowest BCUT2D eigenvalue weighted by molar-refractivity contribution is -0.384. The number of amides is 1. The molecule has 0 saturated carbocycles. The third-order valence-electron chi connectivity index (χ3n) is 4.47. The van der Waals surface area contributed by atoms with Crippen molar-refractivity contribution in [1.82, 2.24) is 5.43 Å². The van der Waals surface area contributed by atoms with Gasteiger partial charge in [-0.3, -0.25) is 14.9 Å². The first-order valence-corrected chi connectivity index (χ1v) is 10.9. The highest BCUT2D eigenvalue weighted by molar-refractivity contribution is 9.10. The number of rotatable bonds is 10. The predicted molar refractivity (Wildman–Crippen MR) is 129 cm³/mol. The van der Waals surface area contributed by atoms with Gasteiger partial charge in [0.25, 0.3) is 5.69 Å². The van der Waals surface area contributed by atoms with Crippen LogP contribution in [0.1, 0.15) is 23.6 Å². The second-order valence-corrected chi connectivity index (χ2v) is 7.79. The molecule has 0 aliphatic rings. The molecule has 0 bridgehead atoms. The number of carbonyl (C=O) groups excluding carboxylic acids is 1. The number of halogens is 1. The molecule has 9 heteroatoms. The number of hydrazone groups is 1. The molecule has 8 nitrogen and oxygen atoms in total. The SMILES string of the molecule is CCOc1cc(/C=N\NC(=O)Cc2ccccc2)cc(Br)c1OCc1ccc([N+](=O)[O-])cc1. The van der Waals surface area contributed by atoms with Gasteiger partial charge in [-0.05, 0) is 63.8 Å². The first-order chi connectivity index (χ1) is 16.0. The summed E-state index contributed by atoms with van der Waals surface area (Å²) in [6.07, 6.45) is 1.76. The Morgan fingerprint density at radius 3 is 2.48 bits per heavy atom. The molecule has 0 atom stereocenters. The molecular weight excluding hydrogens is 490 g/mol. The summed E-state index contributed by atoms with van der Waals surface area (Å²) >= 11 is 3.49. The summed E-state index contributed by atoms with van der Waals surface area (Å²) in [5.74, 6) is 0.788. The van der Waals surface area contributed by atoms with Crippen molar-refractivity contribution in [2.24, 2.45) is 5.10 Å². The van der Waals surface area contributed by atoms with E-state index in [9.17, 15) is 14.9 Å². The zero-order valence-electron chi connectivity index (χ0n) is 17.9. The second-order valence-electron chi connectivity index (χ2n) is 6.93. The molecule has 1 amide bonds. The number of nitrogens with one attached hydrogen (secondary N) is 1. The van der Waals surface area contributed by atoms with Crippen LogP contribution in [0.5, 0.6) is 11.5 Å². The fourth-order valence-electron chi connectivity index (χ4n) is 2.93. The maximum atomic E-state index is 12.1. The minimum absolute atomic E-state index is 0.0226. The summed E-state index contributed by atoms with van der Waals surface area (Å²) in [6.45, 7) is 2.49. The number of hydrogen-bond donors (Lipinski definition) is 1. The van der Waals surface area contributed by atoms with Crippen LogP contribution in [-0.2, 0) is 17.8 Å². The number of non-ortho nitro benzene ring substituents is 1. The van der Waals surface area contributed by atoms with Crippen molar-refractivity contribution in [3.63, 3.8) is 0 Å². The molecule has 3 aromatic carbocycles. The van der Waals surface area contributed by atoms with E-state index < -0.39 is 4.92 Å². The van der Waals surface area contributed by atoms with Gasteiger partial charge in [-0.15, -0.1) is 0 Å². The van der Waals surface area contributed by atoms with Crippen molar-refractivity contribution in [2.45, 2.75) is 20.0 Å². The van der Waals surface area contributed by atoms with Gasteiger partial charge in [-0.1, -0.05) is 30.3 Å². The molecule has 33 heavy (non-hydrogen) atoms. The summed E-state index contributed by atoms with van der Waals surface area (Å²) < 4.78 is 12.3. The summed E-state index contributed by atoms with van der Waals surface area (Å²) in [7, 11) is 0. The third-order valence-corrected chi connectivity index (χ3v) is 5.06. The quantitative estimate of drug-likeness (QED) is 0.233. The smallest absolute Gasteiger partial charge is 0.269 e. The monoisotopic (exact) mass is 511 g/mol. The van der Waals surface area contributed by atoms with Crippen LogP contribution in [0.2, 0.25) is 0 Å². The van der Waals surface area contributed by atoms with E-state index >= 15 is 0 Å². The van der Waals surface area contributed by atoms with E-state index in [4.69, 9.17) is 9.47 Å². The van der Waals surface area contributed by atoms with Crippen LogP contribution in [0.25, 0.3) is 0 Å². The van der Waals surface area contributed by atoms with E-state index in [0.29, 0.717) is 28.1 Å². The average Bonchev–Trinajstić information content (AvgIpc) is 2.79. The largest absolute Gasteiger partial charge is 0.490 e. The Kier molecular flexibility index (Phi) is 8.54. The van der Waals surface area contributed by atoms with Crippen LogP contribution in [0.4, 0.5) is 5.69 Å². The van der Waals surface area contributed by atoms with Crippen molar-refractivity contribution in [2.75, 3.05) is 6.61 Å². The van der Waals surface area contributed by atoms with Crippen LogP contribution in [0, 0.1) is 10.1 Å². The van der Waals surface area contributed by atoms with Gasteiger partial charge in [0.1, 0.15) is 6.61 Å². The first kappa shape index (κ1) is 23.9. The number of benzene rings is 3. The standard InChI is InChI=1S/C24H22BrN3O5/c1-2-32-22-13-19(15-26-27-23(29)14-17-6-4-3-5-7-17)12-21(25)24(22)33-16-18-8-10-20(11-9-18)28(30)31/h3-13,15H,2,14,16H2,1H3,(H,27,29)/b26-15-. The highest BCUT2D eigenvalue weighted by Gasteiger charge is 2.13. The molecule has 3 aromatic rings. The summed E-state index contributed by atoms with van der Waals surface area (Å²) in [6, 6.07) is 19.1. The summed E-state index contributed by atoms with van der Waals surface area (Å²) in [5.41, 5.74) is 4.93. The van der Waals surface area contributed by atoms with Crippen molar-refractivity contribution in [1.29, 1.82) is 0 Å². The molecule has 170 valence electrons. The van der Waals surface area contributed by atoms with E-state index in [2.05, 4.69) is 26.5 Å². The van der Waals surface area contributed by atoms with Gasteiger partial charge in [0.2, 0.25) is 5.91 Å². The van der Waals surface area contributed by atoms with Gasteiger partial charge in [-0.25, -0.2) is 5.43 Å². The highest BCUT2D eigenvalue weighted by atomic mass is 79.9. The topological polar surface area (TPSA) is 103 Å². The second kappa shape index (κ2) is 11.8. The van der Waals surface area contributed by atoms with E-state index in [1.807, 2.05) is 37.3 Å². The molecule has 1 N–H and O–H groups in total. The molecule has 0 spiro atoms. The Balaban J connectivity index is 1.66. The van der Waals surface area contributed by atoms with Gasteiger partial charge < -0.3 is 9.47 Å². The third kappa shape index (κ3) is 7.15. The predicted octanol–water partition coefficient (Wildman–Crippen LogP) is 5.03. The Hall–Kier alpha value is -3.72. The van der Waals surface area contributed by atoms with Gasteiger partial charge in [0, 0.05) is 12.1 Å².